The largest absolute Gasteiger partial charge is 0.479 e. The van der Waals surface area contributed by atoms with Crippen LogP contribution in [-0.4, -0.2) is 65.6 Å². The number of nitrogens with zero attached hydrogens (tertiary/aromatic N) is 2. The summed E-state index contributed by atoms with van der Waals surface area (Å²) in [6.45, 7) is 10.9. The molecule has 2 bridgehead atoms. The highest BCUT2D eigenvalue weighted by atomic mass is 32.3. The van der Waals surface area contributed by atoms with E-state index in [2.05, 4.69) is 0 Å². The fourth-order valence-corrected chi connectivity index (χ4v) is 5.91. The maximum absolute atomic E-state index is 12.6. The van der Waals surface area contributed by atoms with Gasteiger partial charge in [0.1, 0.15) is 6.04 Å². The van der Waals surface area contributed by atoms with Crippen LogP contribution < -0.4 is 5.73 Å². The van der Waals surface area contributed by atoms with Crippen LogP contribution in [0.5, 0.6) is 0 Å². The lowest BCUT2D eigenvalue weighted by Gasteiger charge is -2.37. The summed E-state index contributed by atoms with van der Waals surface area (Å²) in [5.41, 5.74) is 2.51. The number of carboxylic acids is 1. The summed E-state index contributed by atoms with van der Waals surface area (Å²) < 4.78 is 35.1. The number of carbonyl (C=O) groups is 3. The number of hydroxylamine groups is 2. The van der Waals surface area contributed by atoms with Gasteiger partial charge in [0.05, 0.1) is 6.04 Å². The lowest BCUT2D eigenvalue weighted by molar-refractivity contribution is -0.159. The van der Waals surface area contributed by atoms with E-state index in [1.165, 1.54) is 0 Å². The van der Waals surface area contributed by atoms with Crippen molar-refractivity contribution >= 4 is 28.3 Å². The zero-order chi connectivity index (χ0) is 24.0. The van der Waals surface area contributed by atoms with Crippen LogP contribution in [0.1, 0.15) is 67.2 Å². The lowest BCUT2D eigenvalue weighted by atomic mass is 9.71. The van der Waals surface area contributed by atoms with E-state index in [-0.39, 0.29) is 24.8 Å². The van der Waals surface area contributed by atoms with Crippen molar-refractivity contribution in [3.8, 4) is 0 Å². The first-order chi connectivity index (χ1) is 13.9. The highest BCUT2D eigenvalue weighted by molar-refractivity contribution is 7.81. The monoisotopic (exact) mass is 463 g/mol. The van der Waals surface area contributed by atoms with Gasteiger partial charge in [-0.1, -0.05) is 34.6 Å². The van der Waals surface area contributed by atoms with Gasteiger partial charge in [-0.25, -0.2) is 13.8 Å². The van der Waals surface area contributed by atoms with Gasteiger partial charge in [0.25, 0.3) is 0 Å². The Bertz CT molecular complexity index is 851. The third-order valence-electron chi connectivity index (χ3n) is 5.39. The van der Waals surface area contributed by atoms with Gasteiger partial charge in [-0.05, 0) is 43.4 Å². The average molecular weight is 464 g/mol. The number of nitrogens with two attached hydrogens (primary N) is 1. The zero-order valence-electron chi connectivity index (χ0n) is 18.9. The summed E-state index contributed by atoms with van der Waals surface area (Å²) in [7, 11) is -4.91. The number of hydrogen-bond acceptors (Lipinski definition) is 7. The number of carboxylic acid groups (broad SMARTS) is 1. The van der Waals surface area contributed by atoms with Crippen LogP contribution in [-0.2, 0) is 28.5 Å². The maximum Gasteiger partial charge on any atom is 0.422 e. The van der Waals surface area contributed by atoms with Crippen LogP contribution in [0.4, 0.5) is 4.79 Å². The van der Waals surface area contributed by atoms with E-state index < -0.39 is 51.4 Å². The third kappa shape index (κ3) is 6.07. The van der Waals surface area contributed by atoms with Gasteiger partial charge in [0, 0.05) is 6.54 Å². The fourth-order valence-electron chi connectivity index (χ4n) is 4.92. The number of amides is 3. The summed E-state index contributed by atoms with van der Waals surface area (Å²) in [5, 5.41) is 10.4. The minimum absolute atomic E-state index is 0.0801. The number of primary amides is 1. The van der Waals surface area contributed by atoms with Crippen molar-refractivity contribution in [2.75, 3.05) is 6.54 Å². The van der Waals surface area contributed by atoms with Crippen LogP contribution >= 0.6 is 0 Å². The second-order valence-corrected chi connectivity index (χ2v) is 11.7. The standard InChI is InChI=1S/C19H33N3O8S/c1-17(2,3)10-18(4,5)11-19(6,15(24)25)29-31(27,28)30-22-12-7-8-13(14(20)23)21(9-12)16(22)26/h12-13H,7-11H2,1-6H3,(H2,20,23)(H,24,25)/t12-,13+,19?/m1/s1. The van der Waals surface area contributed by atoms with Gasteiger partial charge in [-0.2, -0.15) is 13.5 Å². The van der Waals surface area contributed by atoms with E-state index in [4.69, 9.17) is 14.2 Å². The summed E-state index contributed by atoms with van der Waals surface area (Å²) in [6.07, 6.45) is 1.09. The summed E-state index contributed by atoms with van der Waals surface area (Å²) in [5.74, 6) is -2.15. The molecule has 2 saturated heterocycles. The van der Waals surface area contributed by atoms with E-state index in [0.29, 0.717) is 17.9 Å². The SMILES string of the molecule is CC(C)(C)CC(C)(C)CC(C)(OS(=O)(=O)ON1C(=O)N2C[C@H]1CC[C@H]2C(N)=O)C(=O)O. The molecule has 0 aliphatic carbocycles. The first-order valence-corrected chi connectivity index (χ1v) is 11.5. The quantitative estimate of drug-likeness (QED) is 0.522. The predicted octanol–water partition coefficient (Wildman–Crippen LogP) is 1.63. The Morgan fingerprint density at radius 2 is 1.71 bits per heavy atom. The van der Waals surface area contributed by atoms with Crippen LogP contribution in [0.15, 0.2) is 0 Å². The zero-order valence-corrected chi connectivity index (χ0v) is 19.7. The van der Waals surface area contributed by atoms with E-state index in [0.717, 1.165) is 11.8 Å². The lowest BCUT2D eigenvalue weighted by Crippen LogP contribution is -2.48. The van der Waals surface area contributed by atoms with E-state index in [1.54, 1.807) is 0 Å². The average Bonchev–Trinajstić information content (AvgIpc) is 2.75. The molecular weight excluding hydrogens is 430 g/mol. The number of aliphatic carboxylic acids is 1. The minimum atomic E-state index is -4.91. The molecule has 3 amide bonds. The molecule has 12 heteroatoms. The third-order valence-corrected chi connectivity index (χ3v) is 6.30. The first-order valence-electron chi connectivity index (χ1n) is 10.1. The van der Waals surface area contributed by atoms with Crippen molar-refractivity contribution in [3.05, 3.63) is 0 Å². The topological polar surface area (TPSA) is 157 Å². The second-order valence-electron chi connectivity index (χ2n) is 10.6. The molecular formula is C19H33N3O8S. The van der Waals surface area contributed by atoms with Crippen molar-refractivity contribution in [1.82, 2.24) is 9.96 Å². The Morgan fingerprint density at radius 3 is 2.19 bits per heavy atom. The molecule has 178 valence electrons. The van der Waals surface area contributed by atoms with Crippen LogP contribution in [0.2, 0.25) is 0 Å². The molecule has 11 nitrogen and oxygen atoms in total. The normalized spacial score (nSPS) is 24.3. The number of urea groups is 1. The van der Waals surface area contributed by atoms with Gasteiger partial charge in [-0.3, -0.25) is 4.79 Å². The molecule has 2 aliphatic heterocycles. The molecule has 0 radical (unpaired) electrons. The Kier molecular flexibility index (Phi) is 6.71. The maximum atomic E-state index is 12.6. The van der Waals surface area contributed by atoms with Gasteiger partial charge in [0.2, 0.25) is 5.91 Å². The molecule has 1 unspecified atom stereocenters. The highest BCUT2D eigenvalue weighted by Gasteiger charge is 2.51. The van der Waals surface area contributed by atoms with E-state index in [1.807, 2.05) is 34.6 Å². The summed E-state index contributed by atoms with van der Waals surface area (Å²) in [6, 6.07) is -2.29. The molecule has 2 aliphatic rings. The van der Waals surface area contributed by atoms with Crippen LogP contribution in [0.25, 0.3) is 0 Å². The number of fused-ring (bicyclic) bond motifs is 2. The summed E-state index contributed by atoms with van der Waals surface area (Å²) in [4.78, 5) is 37.2. The van der Waals surface area contributed by atoms with Gasteiger partial charge in [-0.15, -0.1) is 4.28 Å². The molecule has 0 aromatic rings. The number of piperidine rings is 1. The van der Waals surface area contributed by atoms with E-state index in [9.17, 15) is 27.9 Å². The molecule has 3 N–H and O–H groups in total. The molecule has 2 rings (SSSR count). The minimum Gasteiger partial charge on any atom is -0.479 e. The Balaban J connectivity index is 2.18. The van der Waals surface area contributed by atoms with Gasteiger partial charge in [0.15, 0.2) is 5.60 Å². The Morgan fingerprint density at radius 1 is 1.13 bits per heavy atom. The van der Waals surface area contributed by atoms with Crippen molar-refractivity contribution < 1.29 is 36.4 Å². The number of hydrogen-bond donors (Lipinski definition) is 2. The van der Waals surface area contributed by atoms with E-state index >= 15 is 0 Å². The van der Waals surface area contributed by atoms with Gasteiger partial charge >= 0.3 is 22.4 Å². The number of rotatable bonds is 9. The van der Waals surface area contributed by atoms with Crippen LogP contribution in [0, 0.1) is 10.8 Å². The second kappa shape index (κ2) is 8.21. The Labute approximate surface area is 183 Å². The molecule has 0 spiro atoms. The molecule has 3 atom stereocenters. The molecule has 31 heavy (non-hydrogen) atoms. The van der Waals surface area contributed by atoms with Crippen molar-refractivity contribution in [2.24, 2.45) is 16.6 Å². The molecule has 0 aromatic heterocycles. The van der Waals surface area contributed by atoms with Crippen molar-refractivity contribution in [3.63, 3.8) is 0 Å². The van der Waals surface area contributed by atoms with Crippen LogP contribution in [0.3, 0.4) is 0 Å². The highest BCUT2D eigenvalue weighted by Crippen LogP contribution is 2.41. The Hall–Kier alpha value is -1.92. The molecule has 2 heterocycles. The molecule has 2 fully saturated rings. The smallest absolute Gasteiger partial charge is 0.422 e. The van der Waals surface area contributed by atoms with Gasteiger partial charge < -0.3 is 15.7 Å². The fraction of sp³-hybridized carbons (Fsp3) is 0.842. The number of carbonyl (C=O) groups excluding carboxylic acids is 2. The molecule has 0 saturated carbocycles. The first kappa shape index (κ1) is 25.3. The predicted molar refractivity (Wildman–Crippen MR) is 110 cm³/mol. The van der Waals surface area contributed by atoms with Crippen molar-refractivity contribution in [1.29, 1.82) is 0 Å². The molecule has 0 aromatic carbocycles. The van der Waals surface area contributed by atoms with Crippen molar-refractivity contribution in [2.45, 2.75) is 84.9 Å². The summed E-state index contributed by atoms with van der Waals surface area (Å²) >= 11 is 0.